The average Bonchev–Trinajstić information content (AvgIpc) is 3.45. The maximum atomic E-state index is 7.80. The van der Waals surface area contributed by atoms with Crippen LogP contribution in [-0.2, 0) is 11.2 Å². The van der Waals surface area contributed by atoms with E-state index in [1.54, 1.807) is 7.11 Å². The van der Waals surface area contributed by atoms with Crippen molar-refractivity contribution in [1.29, 1.82) is 5.41 Å². The number of hydrogen-bond donors (Lipinski definition) is 1. The van der Waals surface area contributed by atoms with Gasteiger partial charge >= 0.3 is 0 Å². The molecule has 1 N–H and O–H groups in total. The largest absolute Gasteiger partial charge is 0.492 e. The summed E-state index contributed by atoms with van der Waals surface area (Å²) in [4.78, 5) is 0. The molecule has 0 saturated carbocycles. The lowest BCUT2D eigenvalue weighted by atomic mass is 9.80. The smallest absolute Gasteiger partial charge is 0.180 e. The van der Waals surface area contributed by atoms with E-state index in [4.69, 9.17) is 19.6 Å². The lowest BCUT2D eigenvalue weighted by Gasteiger charge is -2.25. The van der Waals surface area contributed by atoms with Gasteiger partial charge in [0.2, 0.25) is 0 Å². The van der Waals surface area contributed by atoms with Gasteiger partial charge in [-0.25, -0.2) is 0 Å². The van der Waals surface area contributed by atoms with Crippen LogP contribution in [0.2, 0.25) is 0 Å². The Morgan fingerprint density at radius 1 is 1.19 bits per heavy atom. The van der Waals surface area contributed by atoms with Crippen molar-refractivity contribution in [3.8, 4) is 11.5 Å². The molecule has 0 aromatic heterocycles. The van der Waals surface area contributed by atoms with Crippen LogP contribution in [0.15, 0.2) is 42.5 Å². The predicted octanol–water partition coefficient (Wildman–Crippen LogP) is 6.45. The van der Waals surface area contributed by atoms with E-state index in [-0.39, 0.29) is 17.4 Å². The molecule has 31 heavy (non-hydrogen) atoms. The van der Waals surface area contributed by atoms with Crippen molar-refractivity contribution in [3.63, 3.8) is 0 Å². The van der Waals surface area contributed by atoms with Crippen molar-refractivity contribution in [2.45, 2.75) is 58.0 Å². The summed E-state index contributed by atoms with van der Waals surface area (Å²) < 4.78 is 17.4. The maximum absolute atomic E-state index is 7.80. The summed E-state index contributed by atoms with van der Waals surface area (Å²) in [6, 6.07) is 12.9. The molecule has 5 rings (SSSR count). The van der Waals surface area contributed by atoms with Crippen LogP contribution in [0.5, 0.6) is 11.5 Å². The Balaban J connectivity index is 1.36. The standard InChI is InChI=1S/C27H31NO3/c1-27(2)13-5-8-23(27)21-6-4-7-22-20(21)11-12-24(22)31-18-9-10-19-17(14-26(28)29-3)16-30-25(19)15-18/h4,6-10,15,17,24,28H,5,11-14,16H2,1-3H3. The van der Waals surface area contributed by atoms with Crippen molar-refractivity contribution < 1.29 is 14.2 Å². The molecule has 4 heteroatoms. The molecule has 162 valence electrons. The van der Waals surface area contributed by atoms with Gasteiger partial charge < -0.3 is 14.2 Å². The summed E-state index contributed by atoms with van der Waals surface area (Å²) in [5.41, 5.74) is 7.11. The number of methoxy groups -OCH3 is 1. The number of benzene rings is 2. The van der Waals surface area contributed by atoms with Gasteiger partial charge in [0.25, 0.3) is 0 Å². The molecule has 2 atom stereocenters. The first kappa shape index (κ1) is 20.2. The molecule has 2 aromatic rings. The van der Waals surface area contributed by atoms with Gasteiger partial charge in [0.05, 0.1) is 13.7 Å². The first-order valence-electron chi connectivity index (χ1n) is 11.3. The Morgan fingerprint density at radius 3 is 2.84 bits per heavy atom. The quantitative estimate of drug-likeness (QED) is 0.449. The molecule has 0 amide bonds. The van der Waals surface area contributed by atoms with Crippen LogP contribution in [0.1, 0.15) is 73.8 Å². The number of ether oxygens (including phenoxy) is 3. The topological polar surface area (TPSA) is 51.5 Å². The molecule has 3 aliphatic rings. The minimum atomic E-state index is 0.0805. The van der Waals surface area contributed by atoms with Crippen molar-refractivity contribution in [2.75, 3.05) is 13.7 Å². The zero-order valence-corrected chi connectivity index (χ0v) is 18.7. The summed E-state index contributed by atoms with van der Waals surface area (Å²) in [5.74, 6) is 2.19. The Labute approximate surface area is 184 Å². The molecule has 0 fully saturated rings. The average molecular weight is 418 g/mol. The van der Waals surface area contributed by atoms with Gasteiger partial charge in [0.1, 0.15) is 17.6 Å². The van der Waals surface area contributed by atoms with Crippen LogP contribution in [0.25, 0.3) is 5.57 Å². The lowest BCUT2D eigenvalue weighted by Crippen LogP contribution is -2.10. The fraction of sp³-hybridized carbons (Fsp3) is 0.444. The van der Waals surface area contributed by atoms with Gasteiger partial charge in [-0.15, -0.1) is 0 Å². The second-order valence-corrected chi connectivity index (χ2v) is 9.60. The van der Waals surface area contributed by atoms with Gasteiger partial charge in [-0.2, -0.15) is 0 Å². The van der Waals surface area contributed by atoms with Crippen LogP contribution >= 0.6 is 0 Å². The number of fused-ring (bicyclic) bond motifs is 2. The van der Waals surface area contributed by atoms with E-state index < -0.39 is 0 Å². The first-order valence-corrected chi connectivity index (χ1v) is 11.3. The van der Waals surface area contributed by atoms with Crippen molar-refractivity contribution in [3.05, 3.63) is 64.7 Å². The second kappa shape index (κ2) is 7.74. The Morgan fingerprint density at radius 2 is 2.06 bits per heavy atom. The molecule has 4 nitrogen and oxygen atoms in total. The van der Waals surface area contributed by atoms with Crippen molar-refractivity contribution in [2.24, 2.45) is 5.41 Å². The van der Waals surface area contributed by atoms with Crippen LogP contribution in [-0.4, -0.2) is 19.6 Å². The number of hydrogen-bond acceptors (Lipinski definition) is 4. The Kier molecular flexibility index (Phi) is 5.04. The highest BCUT2D eigenvalue weighted by Gasteiger charge is 2.33. The fourth-order valence-electron chi connectivity index (χ4n) is 5.42. The molecule has 2 unspecified atom stereocenters. The molecule has 0 saturated heterocycles. The van der Waals surface area contributed by atoms with Gasteiger partial charge in [-0.05, 0) is 59.4 Å². The van der Waals surface area contributed by atoms with E-state index in [1.165, 1.54) is 35.1 Å². The zero-order chi connectivity index (χ0) is 21.6. The summed E-state index contributed by atoms with van der Waals surface area (Å²) in [7, 11) is 1.55. The van der Waals surface area contributed by atoms with E-state index in [0.717, 1.165) is 29.9 Å². The molecule has 0 spiro atoms. The molecule has 1 heterocycles. The van der Waals surface area contributed by atoms with Gasteiger partial charge in [-0.3, -0.25) is 5.41 Å². The van der Waals surface area contributed by atoms with Crippen LogP contribution in [0.3, 0.4) is 0 Å². The van der Waals surface area contributed by atoms with Crippen molar-refractivity contribution in [1.82, 2.24) is 0 Å². The van der Waals surface area contributed by atoms with E-state index in [2.05, 4.69) is 44.2 Å². The molecule has 0 bridgehead atoms. The second-order valence-electron chi connectivity index (χ2n) is 9.60. The van der Waals surface area contributed by atoms with E-state index in [9.17, 15) is 0 Å². The number of nitrogens with one attached hydrogen (secondary N) is 1. The fourth-order valence-corrected chi connectivity index (χ4v) is 5.42. The summed E-state index contributed by atoms with van der Waals surface area (Å²) >= 11 is 0. The number of allylic oxidation sites excluding steroid dienone is 2. The summed E-state index contributed by atoms with van der Waals surface area (Å²) in [6.07, 6.45) is 7.54. The first-order chi connectivity index (χ1) is 15.0. The normalized spacial score (nSPS) is 23.0. The zero-order valence-electron chi connectivity index (χ0n) is 18.7. The third-order valence-corrected chi connectivity index (χ3v) is 7.17. The molecular formula is C27H31NO3. The summed E-state index contributed by atoms with van der Waals surface area (Å²) in [6.45, 7) is 5.31. The predicted molar refractivity (Wildman–Crippen MR) is 123 cm³/mol. The third-order valence-electron chi connectivity index (χ3n) is 7.17. The third kappa shape index (κ3) is 3.62. The SMILES string of the molecule is COC(=N)CC1COc2cc(OC3CCc4c(C5=CCCC5(C)C)cccc43)ccc21. The molecule has 0 radical (unpaired) electrons. The highest BCUT2D eigenvalue weighted by molar-refractivity contribution is 5.75. The van der Waals surface area contributed by atoms with Crippen LogP contribution in [0, 0.1) is 10.8 Å². The van der Waals surface area contributed by atoms with Gasteiger partial charge in [0, 0.05) is 24.0 Å². The molecule has 1 aliphatic heterocycles. The van der Waals surface area contributed by atoms with Crippen LogP contribution in [0.4, 0.5) is 0 Å². The highest BCUT2D eigenvalue weighted by Crippen LogP contribution is 2.48. The molecule has 2 aliphatic carbocycles. The van der Waals surface area contributed by atoms with Crippen LogP contribution < -0.4 is 9.47 Å². The van der Waals surface area contributed by atoms with Gasteiger partial charge in [0.15, 0.2) is 5.90 Å². The lowest BCUT2D eigenvalue weighted by molar-refractivity contribution is 0.206. The van der Waals surface area contributed by atoms with E-state index in [1.807, 2.05) is 12.1 Å². The monoisotopic (exact) mass is 417 g/mol. The van der Waals surface area contributed by atoms with E-state index in [0.29, 0.717) is 18.9 Å². The molecule has 2 aromatic carbocycles. The maximum Gasteiger partial charge on any atom is 0.180 e. The van der Waals surface area contributed by atoms with Crippen molar-refractivity contribution >= 4 is 11.5 Å². The summed E-state index contributed by atoms with van der Waals surface area (Å²) in [5, 5.41) is 7.80. The number of rotatable bonds is 5. The Hall–Kier alpha value is -2.75. The minimum absolute atomic E-state index is 0.0805. The molecular weight excluding hydrogens is 386 g/mol. The van der Waals surface area contributed by atoms with E-state index >= 15 is 0 Å². The minimum Gasteiger partial charge on any atom is -0.492 e. The Bertz CT molecular complexity index is 1050. The highest BCUT2D eigenvalue weighted by atomic mass is 16.5. The van der Waals surface area contributed by atoms with Gasteiger partial charge in [-0.1, -0.05) is 44.2 Å².